The summed E-state index contributed by atoms with van der Waals surface area (Å²) in [5.74, 6) is -0.370. The maximum atomic E-state index is 12.3. The first-order chi connectivity index (χ1) is 13.5. The van der Waals surface area contributed by atoms with Crippen LogP contribution in [0.4, 0.5) is 16.2 Å². The van der Waals surface area contributed by atoms with Crippen LogP contribution in [0.25, 0.3) is 0 Å². The maximum Gasteiger partial charge on any atom is 0.408 e. The number of benzene rings is 2. The summed E-state index contributed by atoms with van der Waals surface area (Å²) in [7, 11) is 0. The molecule has 3 N–H and O–H groups in total. The molecular formula is C22H28ClN3O3. The van der Waals surface area contributed by atoms with Gasteiger partial charge < -0.3 is 20.7 Å². The quantitative estimate of drug-likeness (QED) is 0.590. The van der Waals surface area contributed by atoms with Crippen LogP contribution in [0.5, 0.6) is 0 Å². The zero-order valence-electron chi connectivity index (χ0n) is 17.4. The van der Waals surface area contributed by atoms with Crippen LogP contribution in [0.15, 0.2) is 48.5 Å². The number of alkyl carbamates (subject to hydrolysis) is 1. The number of ether oxygens (including phenoxy) is 1. The Morgan fingerprint density at radius 2 is 1.69 bits per heavy atom. The molecule has 2 aromatic rings. The molecule has 156 valence electrons. The summed E-state index contributed by atoms with van der Waals surface area (Å²) in [5, 5.41) is 9.09. The van der Waals surface area contributed by atoms with Crippen molar-refractivity contribution in [2.75, 3.05) is 10.6 Å². The first kappa shape index (κ1) is 22.6. The monoisotopic (exact) mass is 417 g/mol. The van der Waals surface area contributed by atoms with Gasteiger partial charge in [0.2, 0.25) is 5.91 Å². The maximum absolute atomic E-state index is 12.3. The van der Waals surface area contributed by atoms with Gasteiger partial charge in [-0.25, -0.2) is 4.79 Å². The van der Waals surface area contributed by atoms with Gasteiger partial charge in [0, 0.05) is 11.7 Å². The molecular weight excluding hydrogens is 390 g/mol. The van der Waals surface area contributed by atoms with E-state index in [0.29, 0.717) is 10.7 Å². The first-order valence-electron chi connectivity index (χ1n) is 9.46. The summed E-state index contributed by atoms with van der Waals surface area (Å²) in [6, 6.07) is 14.6. The molecule has 7 heteroatoms. The Hall–Kier alpha value is -2.73. The van der Waals surface area contributed by atoms with E-state index in [0.717, 1.165) is 11.3 Å². The fourth-order valence-electron chi connectivity index (χ4n) is 2.57. The minimum atomic E-state index is -0.764. The van der Waals surface area contributed by atoms with E-state index in [1.165, 1.54) is 0 Å². The van der Waals surface area contributed by atoms with Crippen LogP contribution < -0.4 is 16.0 Å². The predicted octanol–water partition coefficient (Wildman–Crippen LogP) is 5.36. The molecule has 0 fully saturated rings. The summed E-state index contributed by atoms with van der Waals surface area (Å²) in [6.45, 7) is 8.90. The Kier molecular flexibility index (Phi) is 7.51. The van der Waals surface area contributed by atoms with E-state index in [9.17, 15) is 9.59 Å². The summed E-state index contributed by atoms with van der Waals surface area (Å²) < 4.78 is 5.16. The van der Waals surface area contributed by atoms with Gasteiger partial charge >= 0.3 is 6.09 Å². The van der Waals surface area contributed by atoms with Gasteiger partial charge in [0.1, 0.15) is 11.6 Å². The highest BCUT2D eigenvalue weighted by molar-refractivity contribution is 6.33. The molecule has 0 aliphatic carbocycles. The van der Waals surface area contributed by atoms with Crippen molar-refractivity contribution < 1.29 is 14.3 Å². The number of amides is 2. The van der Waals surface area contributed by atoms with Crippen molar-refractivity contribution in [2.45, 2.75) is 52.3 Å². The normalized spacial score (nSPS) is 13.2. The van der Waals surface area contributed by atoms with Crippen LogP contribution in [0.3, 0.4) is 0 Å². The highest BCUT2D eigenvalue weighted by Gasteiger charge is 2.21. The average Bonchev–Trinajstić information content (AvgIpc) is 2.62. The molecule has 29 heavy (non-hydrogen) atoms. The van der Waals surface area contributed by atoms with Gasteiger partial charge in [-0.3, -0.25) is 4.79 Å². The van der Waals surface area contributed by atoms with Crippen LogP contribution in [-0.4, -0.2) is 23.6 Å². The third-order valence-electron chi connectivity index (χ3n) is 4.03. The molecule has 2 aromatic carbocycles. The second-order valence-electron chi connectivity index (χ2n) is 7.83. The lowest BCUT2D eigenvalue weighted by Crippen LogP contribution is -2.43. The Morgan fingerprint density at radius 1 is 1.03 bits per heavy atom. The predicted molar refractivity (Wildman–Crippen MR) is 117 cm³/mol. The summed E-state index contributed by atoms with van der Waals surface area (Å²) in [5.41, 5.74) is 1.81. The number of nitrogens with one attached hydrogen (secondary N) is 3. The van der Waals surface area contributed by atoms with E-state index in [1.54, 1.807) is 39.8 Å². The first-order valence-corrected chi connectivity index (χ1v) is 9.84. The lowest BCUT2D eigenvalue weighted by Gasteiger charge is -2.22. The molecule has 0 radical (unpaired) electrons. The van der Waals surface area contributed by atoms with Crippen molar-refractivity contribution in [1.82, 2.24) is 5.32 Å². The third-order valence-corrected chi connectivity index (χ3v) is 4.35. The standard InChI is InChI=1S/C22H28ClN3O3/c1-14(16-9-7-6-8-10-16)24-19-12-11-17(13-18(19)23)26-20(27)15(2)25-21(28)29-22(3,4)5/h6-15,24H,1-5H3,(H,25,28)(H,26,27). The highest BCUT2D eigenvalue weighted by atomic mass is 35.5. The zero-order chi connectivity index (χ0) is 21.6. The number of hydrogen-bond acceptors (Lipinski definition) is 4. The molecule has 0 bridgehead atoms. The van der Waals surface area contributed by atoms with E-state index in [2.05, 4.69) is 16.0 Å². The van der Waals surface area contributed by atoms with Gasteiger partial charge in [-0.15, -0.1) is 0 Å². The molecule has 0 saturated carbocycles. The van der Waals surface area contributed by atoms with E-state index < -0.39 is 17.7 Å². The summed E-state index contributed by atoms with van der Waals surface area (Å²) >= 11 is 6.38. The highest BCUT2D eigenvalue weighted by Crippen LogP contribution is 2.29. The van der Waals surface area contributed by atoms with Crippen molar-refractivity contribution in [2.24, 2.45) is 0 Å². The van der Waals surface area contributed by atoms with Gasteiger partial charge in [-0.2, -0.15) is 0 Å². The Bertz CT molecular complexity index is 850. The van der Waals surface area contributed by atoms with Gasteiger partial charge in [0.15, 0.2) is 0 Å². The van der Waals surface area contributed by atoms with Crippen LogP contribution in [-0.2, 0) is 9.53 Å². The number of anilines is 2. The van der Waals surface area contributed by atoms with E-state index in [-0.39, 0.29) is 11.9 Å². The van der Waals surface area contributed by atoms with Crippen molar-refractivity contribution >= 4 is 35.0 Å². The SMILES string of the molecule is CC(NC(=O)OC(C)(C)C)C(=O)Nc1ccc(NC(C)c2ccccc2)c(Cl)c1. The second-order valence-corrected chi connectivity index (χ2v) is 8.24. The Labute approximate surface area is 177 Å². The second kappa shape index (κ2) is 9.65. The largest absolute Gasteiger partial charge is 0.444 e. The Morgan fingerprint density at radius 3 is 2.28 bits per heavy atom. The molecule has 0 saturated heterocycles. The zero-order valence-corrected chi connectivity index (χ0v) is 18.1. The van der Waals surface area contributed by atoms with E-state index in [4.69, 9.17) is 16.3 Å². The summed E-state index contributed by atoms with van der Waals surface area (Å²) in [6.07, 6.45) is -0.646. The molecule has 0 aromatic heterocycles. The van der Waals surface area contributed by atoms with Crippen molar-refractivity contribution in [3.8, 4) is 0 Å². The fourth-order valence-corrected chi connectivity index (χ4v) is 2.80. The van der Waals surface area contributed by atoms with Crippen LogP contribution in [0.2, 0.25) is 5.02 Å². The average molecular weight is 418 g/mol. The molecule has 0 aliphatic rings. The number of carbonyl (C=O) groups is 2. The number of carbonyl (C=O) groups excluding carboxylic acids is 2. The molecule has 0 spiro atoms. The molecule has 2 atom stereocenters. The molecule has 2 amide bonds. The van der Waals surface area contributed by atoms with Gasteiger partial charge in [0.25, 0.3) is 0 Å². The number of hydrogen-bond donors (Lipinski definition) is 3. The van der Waals surface area contributed by atoms with Crippen molar-refractivity contribution in [1.29, 1.82) is 0 Å². The third kappa shape index (κ3) is 7.31. The van der Waals surface area contributed by atoms with E-state index in [1.807, 2.05) is 43.3 Å². The summed E-state index contributed by atoms with van der Waals surface area (Å²) in [4.78, 5) is 24.1. The van der Waals surface area contributed by atoms with Gasteiger partial charge in [0.05, 0.1) is 10.7 Å². The van der Waals surface area contributed by atoms with Crippen LogP contribution in [0, 0.1) is 0 Å². The van der Waals surface area contributed by atoms with Crippen LogP contribution in [0.1, 0.15) is 46.2 Å². The molecule has 2 unspecified atom stereocenters. The van der Waals surface area contributed by atoms with Crippen molar-refractivity contribution in [3.05, 3.63) is 59.1 Å². The van der Waals surface area contributed by atoms with Gasteiger partial charge in [-0.05, 0) is 58.4 Å². The Balaban J connectivity index is 1.95. The fraction of sp³-hybridized carbons (Fsp3) is 0.364. The van der Waals surface area contributed by atoms with Gasteiger partial charge in [-0.1, -0.05) is 41.9 Å². The lowest BCUT2D eigenvalue weighted by molar-refractivity contribution is -0.117. The van der Waals surface area contributed by atoms with Crippen molar-refractivity contribution in [3.63, 3.8) is 0 Å². The molecule has 2 rings (SSSR count). The lowest BCUT2D eigenvalue weighted by atomic mass is 10.1. The topological polar surface area (TPSA) is 79.5 Å². The smallest absolute Gasteiger partial charge is 0.408 e. The number of halogens is 1. The molecule has 0 heterocycles. The van der Waals surface area contributed by atoms with Crippen LogP contribution >= 0.6 is 11.6 Å². The van der Waals surface area contributed by atoms with E-state index >= 15 is 0 Å². The molecule has 6 nitrogen and oxygen atoms in total. The molecule has 0 aliphatic heterocycles. The number of rotatable bonds is 6. The minimum absolute atomic E-state index is 0.0761. The minimum Gasteiger partial charge on any atom is -0.444 e.